The third-order valence-corrected chi connectivity index (χ3v) is 4.96. The minimum Gasteiger partial charge on any atom is -0.478 e. The number of aliphatic hydroxyl groups excluding tert-OH is 2. The number of Topliss-reactive ketones (excluding diaryl/α,β-unsaturated/α-hetero) is 1. The van der Waals surface area contributed by atoms with Gasteiger partial charge in [0.2, 0.25) is 0 Å². The molecule has 5 nitrogen and oxygen atoms in total. The maximum Gasteiger partial charge on any atom is 0.331 e. The van der Waals surface area contributed by atoms with Crippen LogP contribution in [0.15, 0.2) is 23.3 Å². The van der Waals surface area contributed by atoms with E-state index in [1.54, 1.807) is 6.92 Å². The van der Waals surface area contributed by atoms with Gasteiger partial charge in [-0.2, -0.15) is 0 Å². The SMILES string of the molecule is C=C(C(=O)O)[C@@H]1CC[C@]2(C)C(=C(C)C(=O)[C@@H](O)[C@H]2O)C1. The Morgan fingerprint density at radius 3 is 2.55 bits per heavy atom. The van der Waals surface area contributed by atoms with Crippen molar-refractivity contribution >= 4 is 11.8 Å². The molecule has 0 spiro atoms. The molecular formula is C15H20O5. The summed E-state index contributed by atoms with van der Waals surface area (Å²) >= 11 is 0. The van der Waals surface area contributed by atoms with E-state index in [2.05, 4.69) is 6.58 Å². The number of carbonyl (C=O) groups excluding carboxylic acids is 1. The van der Waals surface area contributed by atoms with Gasteiger partial charge in [0.25, 0.3) is 0 Å². The Morgan fingerprint density at radius 1 is 1.40 bits per heavy atom. The highest BCUT2D eigenvalue weighted by molar-refractivity contribution is 6.00. The minimum absolute atomic E-state index is 0.139. The molecule has 4 atom stereocenters. The number of aliphatic carboxylic acids is 1. The van der Waals surface area contributed by atoms with Gasteiger partial charge in [-0.3, -0.25) is 4.79 Å². The molecule has 0 aromatic heterocycles. The Balaban J connectivity index is 2.40. The average molecular weight is 280 g/mol. The molecular weight excluding hydrogens is 260 g/mol. The Bertz CT molecular complexity index is 518. The van der Waals surface area contributed by atoms with Crippen molar-refractivity contribution in [3.8, 4) is 0 Å². The van der Waals surface area contributed by atoms with E-state index in [1.165, 1.54) is 0 Å². The van der Waals surface area contributed by atoms with Crippen molar-refractivity contribution < 1.29 is 24.9 Å². The summed E-state index contributed by atoms with van der Waals surface area (Å²) in [6, 6.07) is 0. The summed E-state index contributed by atoms with van der Waals surface area (Å²) in [5.41, 5.74) is 0.694. The zero-order chi connectivity index (χ0) is 15.2. The molecule has 2 aliphatic carbocycles. The van der Waals surface area contributed by atoms with Gasteiger partial charge in [-0.05, 0) is 37.7 Å². The number of hydrogen-bond donors (Lipinski definition) is 3. The second-order valence-electron chi connectivity index (χ2n) is 6.05. The van der Waals surface area contributed by atoms with E-state index in [1.807, 2.05) is 6.92 Å². The van der Waals surface area contributed by atoms with Crippen molar-refractivity contribution in [3.63, 3.8) is 0 Å². The summed E-state index contributed by atoms with van der Waals surface area (Å²) < 4.78 is 0. The molecule has 5 heteroatoms. The van der Waals surface area contributed by atoms with Crippen LogP contribution in [-0.2, 0) is 9.59 Å². The minimum atomic E-state index is -1.39. The summed E-state index contributed by atoms with van der Waals surface area (Å²) in [6.07, 6.45) is -1.00. The second-order valence-corrected chi connectivity index (χ2v) is 6.05. The van der Waals surface area contributed by atoms with Crippen molar-refractivity contribution in [3.05, 3.63) is 23.3 Å². The lowest BCUT2D eigenvalue weighted by Crippen LogP contribution is -2.53. The van der Waals surface area contributed by atoms with Crippen LogP contribution in [0.2, 0.25) is 0 Å². The van der Waals surface area contributed by atoms with Gasteiger partial charge in [-0.1, -0.05) is 19.1 Å². The summed E-state index contributed by atoms with van der Waals surface area (Å²) in [4.78, 5) is 23.0. The fourth-order valence-electron chi connectivity index (χ4n) is 3.45. The van der Waals surface area contributed by atoms with Crippen LogP contribution in [0.25, 0.3) is 0 Å². The number of carboxylic acids is 1. The molecule has 2 aliphatic rings. The normalized spacial score (nSPS) is 37.6. The van der Waals surface area contributed by atoms with Crippen LogP contribution in [0.5, 0.6) is 0 Å². The lowest BCUT2D eigenvalue weighted by Gasteiger charge is -2.48. The van der Waals surface area contributed by atoms with Gasteiger partial charge in [0, 0.05) is 11.0 Å². The Hall–Kier alpha value is -1.46. The fourth-order valence-corrected chi connectivity index (χ4v) is 3.45. The number of carbonyl (C=O) groups is 2. The average Bonchev–Trinajstić information content (AvgIpc) is 2.42. The van der Waals surface area contributed by atoms with Crippen LogP contribution < -0.4 is 0 Å². The maximum atomic E-state index is 11.9. The fraction of sp³-hybridized carbons (Fsp3) is 0.600. The summed E-state index contributed by atoms with van der Waals surface area (Å²) in [5.74, 6) is -1.72. The van der Waals surface area contributed by atoms with Crippen LogP contribution in [0, 0.1) is 11.3 Å². The number of hydrogen-bond acceptors (Lipinski definition) is 4. The van der Waals surface area contributed by atoms with Crippen LogP contribution >= 0.6 is 0 Å². The van der Waals surface area contributed by atoms with E-state index in [-0.39, 0.29) is 11.5 Å². The third-order valence-electron chi connectivity index (χ3n) is 4.96. The van der Waals surface area contributed by atoms with E-state index in [0.717, 1.165) is 5.57 Å². The predicted octanol–water partition coefficient (Wildman–Crippen LogP) is 1.05. The van der Waals surface area contributed by atoms with E-state index in [0.29, 0.717) is 24.8 Å². The number of fused-ring (bicyclic) bond motifs is 1. The molecule has 0 aromatic carbocycles. The zero-order valence-electron chi connectivity index (χ0n) is 11.7. The Kier molecular flexibility index (Phi) is 3.60. The molecule has 0 bridgehead atoms. The van der Waals surface area contributed by atoms with Gasteiger partial charge < -0.3 is 15.3 Å². The first-order valence-corrected chi connectivity index (χ1v) is 6.72. The molecule has 3 N–H and O–H groups in total. The monoisotopic (exact) mass is 280 g/mol. The van der Waals surface area contributed by atoms with Crippen molar-refractivity contribution in [2.75, 3.05) is 0 Å². The summed E-state index contributed by atoms with van der Waals surface area (Å²) in [5, 5.41) is 29.1. The predicted molar refractivity (Wildman–Crippen MR) is 71.9 cm³/mol. The first kappa shape index (κ1) is 14.9. The van der Waals surface area contributed by atoms with Crippen molar-refractivity contribution in [1.82, 2.24) is 0 Å². The van der Waals surface area contributed by atoms with Crippen LogP contribution in [0.3, 0.4) is 0 Å². The van der Waals surface area contributed by atoms with Gasteiger partial charge in [-0.15, -0.1) is 0 Å². The molecule has 0 amide bonds. The zero-order valence-corrected chi connectivity index (χ0v) is 11.7. The van der Waals surface area contributed by atoms with Crippen LogP contribution in [0.1, 0.15) is 33.1 Å². The van der Waals surface area contributed by atoms with Gasteiger partial charge in [-0.25, -0.2) is 4.79 Å². The first-order chi connectivity index (χ1) is 9.20. The standard InChI is InChI=1S/C15H20O5/c1-7(14(19)20)9-4-5-15(3)10(6-9)8(2)11(16)12(17)13(15)18/h9,12-13,17-18H,1,4-6H2,2-3H3,(H,19,20)/t9-,12-,13-,15-/m1/s1. The molecule has 1 fully saturated rings. The molecule has 0 aliphatic heterocycles. The number of ketones is 1. The molecule has 0 radical (unpaired) electrons. The molecule has 2 rings (SSSR count). The quantitative estimate of drug-likeness (QED) is 0.657. The number of carboxylic acid groups (broad SMARTS) is 1. The molecule has 20 heavy (non-hydrogen) atoms. The largest absolute Gasteiger partial charge is 0.478 e. The summed E-state index contributed by atoms with van der Waals surface area (Å²) in [7, 11) is 0. The highest BCUT2D eigenvalue weighted by Crippen LogP contribution is 2.51. The highest BCUT2D eigenvalue weighted by atomic mass is 16.4. The molecule has 1 saturated carbocycles. The smallest absolute Gasteiger partial charge is 0.331 e. The van der Waals surface area contributed by atoms with Gasteiger partial charge in [0.15, 0.2) is 5.78 Å². The lowest BCUT2D eigenvalue weighted by molar-refractivity contribution is -0.138. The number of rotatable bonds is 2. The van der Waals surface area contributed by atoms with Crippen LogP contribution in [-0.4, -0.2) is 39.3 Å². The van der Waals surface area contributed by atoms with Crippen molar-refractivity contribution in [2.24, 2.45) is 11.3 Å². The van der Waals surface area contributed by atoms with E-state index in [4.69, 9.17) is 5.11 Å². The highest BCUT2D eigenvalue weighted by Gasteiger charge is 2.51. The molecule has 0 aromatic rings. The molecule has 0 heterocycles. The maximum absolute atomic E-state index is 11.9. The topological polar surface area (TPSA) is 94.8 Å². The summed E-state index contributed by atoms with van der Waals surface area (Å²) in [6.45, 7) is 7.06. The molecule has 0 unspecified atom stereocenters. The van der Waals surface area contributed by atoms with Gasteiger partial charge in [0.05, 0.1) is 6.10 Å². The van der Waals surface area contributed by atoms with Crippen molar-refractivity contribution in [1.29, 1.82) is 0 Å². The van der Waals surface area contributed by atoms with E-state index >= 15 is 0 Å². The second kappa shape index (κ2) is 4.82. The Morgan fingerprint density at radius 2 is 2.00 bits per heavy atom. The van der Waals surface area contributed by atoms with Gasteiger partial charge in [0.1, 0.15) is 6.10 Å². The van der Waals surface area contributed by atoms with Gasteiger partial charge >= 0.3 is 5.97 Å². The van der Waals surface area contributed by atoms with E-state index < -0.39 is 29.4 Å². The van der Waals surface area contributed by atoms with E-state index in [9.17, 15) is 19.8 Å². The molecule has 0 saturated heterocycles. The lowest BCUT2D eigenvalue weighted by atomic mass is 9.58. The number of aliphatic hydroxyl groups is 2. The van der Waals surface area contributed by atoms with Crippen molar-refractivity contribution in [2.45, 2.75) is 45.3 Å². The first-order valence-electron chi connectivity index (χ1n) is 6.72. The Labute approximate surface area is 117 Å². The van der Waals surface area contributed by atoms with Crippen LogP contribution in [0.4, 0.5) is 0 Å². The third kappa shape index (κ3) is 2.01. The molecule has 110 valence electrons.